The molecule has 1 aliphatic heterocycles. The molecule has 1 aromatic rings. The number of aryl methyl sites for hydroxylation is 1. The molecule has 1 unspecified atom stereocenters. The summed E-state index contributed by atoms with van der Waals surface area (Å²) in [5.74, 6) is -3.24. The highest BCUT2D eigenvalue weighted by molar-refractivity contribution is 5.64. The number of quaternary nitrogens is 1. The van der Waals surface area contributed by atoms with Crippen LogP contribution in [0.1, 0.15) is 44.7 Å². The van der Waals surface area contributed by atoms with Crippen molar-refractivity contribution in [1.82, 2.24) is 0 Å². The Morgan fingerprint density at radius 2 is 1.83 bits per heavy atom. The van der Waals surface area contributed by atoms with Gasteiger partial charge in [-0.1, -0.05) is 43.7 Å². The summed E-state index contributed by atoms with van der Waals surface area (Å²) in [6.45, 7) is 8.69. The maximum absolute atomic E-state index is 14.0. The Kier molecular flexibility index (Phi) is 8.72. The zero-order chi connectivity index (χ0) is 18.2. The highest BCUT2D eigenvalue weighted by atomic mass is 19.3. The number of allylic oxidation sites excluding steroid dienone is 3. The maximum Gasteiger partial charge on any atom is 0.256 e. The van der Waals surface area contributed by atoms with Gasteiger partial charge in [0.1, 0.15) is 0 Å². The van der Waals surface area contributed by atoms with Gasteiger partial charge >= 0.3 is 0 Å². The van der Waals surface area contributed by atoms with E-state index in [1.807, 2.05) is 45.9 Å². The Morgan fingerprint density at radius 3 is 2.30 bits per heavy atom. The van der Waals surface area contributed by atoms with Crippen LogP contribution in [0, 0.1) is 6.92 Å². The van der Waals surface area contributed by atoms with Crippen molar-refractivity contribution in [3.63, 3.8) is 0 Å². The minimum absolute atomic E-state index is 0.543. The van der Waals surface area contributed by atoms with Gasteiger partial charge in [-0.3, -0.25) is 0 Å². The Bertz CT molecular complexity index is 561. The van der Waals surface area contributed by atoms with E-state index in [1.165, 1.54) is 0 Å². The van der Waals surface area contributed by atoms with Crippen molar-refractivity contribution in [2.45, 2.75) is 46.5 Å². The molecule has 2 rings (SSSR count). The summed E-state index contributed by atoms with van der Waals surface area (Å²) in [6.07, 6.45) is 3.48. The van der Waals surface area contributed by atoms with E-state index in [0.29, 0.717) is 17.0 Å². The molecule has 0 fully saturated rings. The highest BCUT2D eigenvalue weighted by Gasteiger charge is 2.42. The topological polar surface area (TPSA) is 59.9 Å². The summed E-state index contributed by atoms with van der Waals surface area (Å²) >= 11 is 0. The van der Waals surface area contributed by atoms with Crippen LogP contribution in [0.2, 0.25) is 0 Å². The minimum Gasteiger partial charge on any atom is -0.400 e. The predicted octanol–water partition coefficient (Wildman–Crippen LogP) is 3.82. The molecule has 0 amide bonds. The second kappa shape index (κ2) is 9.43. The standard InChI is InChI=1S/C15H18F2N2.C2H6.CH4O/c1-4-5-10-13(15(3,16)17)11-8-9(2)6-7-12(11)19-14(10)18;2*1-2/h4-8,13,19H,18H2,1-3H3;1-2H3;2H,1H3/p+1/b5-4-;;. The van der Waals surface area contributed by atoms with Gasteiger partial charge in [-0.2, -0.15) is 0 Å². The molecule has 130 valence electrons. The third-order valence-corrected chi connectivity index (χ3v) is 3.32. The van der Waals surface area contributed by atoms with Gasteiger partial charge in [0.15, 0.2) is 0 Å². The van der Waals surface area contributed by atoms with E-state index in [1.54, 1.807) is 12.2 Å². The molecule has 3 nitrogen and oxygen atoms in total. The molecule has 0 aromatic heterocycles. The summed E-state index contributed by atoms with van der Waals surface area (Å²) in [4.78, 5) is 0. The van der Waals surface area contributed by atoms with E-state index in [9.17, 15) is 8.78 Å². The molecule has 0 saturated carbocycles. The molecule has 23 heavy (non-hydrogen) atoms. The van der Waals surface area contributed by atoms with Gasteiger partial charge < -0.3 is 16.2 Å². The number of fused-ring (bicyclic) bond motifs is 1. The summed E-state index contributed by atoms with van der Waals surface area (Å²) < 4.78 is 28.1. The Hall–Kier alpha value is -1.72. The molecule has 1 aromatic carbocycles. The monoisotopic (exact) mass is 327 g/mol. The van der Waals surface area contributed by atoms with Crippen LogP contribution in [0.15, 0.2) is 41.7 Å². The summed E-state index contributed by atoms with van der Waals surface area (Å²) in [5, 5.41) is 10.1. The molecule has 0 aliphatic carbocycles. The average Bonchev–Trinajstić information content (AvgIpc) is 2.51. The molecule has 1 heterocycles. The third-order valence-electron chi connectivity index (χ3n) is 3.32. The predicted molar refractivity (Wildman–Crippen MR) is 92.4 cm³/mol. The number of hydrogen-bond donors (Lipinski definition) is 3. The summed E-state index contributed by atoms with van der Waals surface area (Å²) in [7, 11) is 1.00. The normalized spacial score (nSPS) is 16.7. The Balaban J connectivity index is 0.00000112. The first-order valence-corrected chi connectivity index (χ1v) is 7.73. The number of nitrogens with one attached hydrogen (secondary N) is 1. The molecule has 1 aliphatic rings. The Labute approximate surface area is 137 Å². The number of aliphatic hydroxyl groups excluding tert-OH is 1. The maximum atomic E-state index is 14.0. The number of rotatable bonds is 2. The van der Waals surface area contributed by atoms with E-state index < -0.39 is 11.8 Å². The number of hydrogen-bond acceptors (Lipinski definition) is 2. The third kappa shape index (κ3) is 5.15. The molecule has 0 saturated heterocycles. The van der Waals surface area contributed by atoms with Crippen molar-refractivity contribution in [1.29, 1.82) is 0 Å². The second-order valence-electron chi connectivity index (χ2n) is 5.04. The number of alkyl halides is 2. The van der Waals surface area contributed by atoms with E-state index in [0.717, 1.165) is 25.3 Å². The van der Waals surface area contributed by atoms with Crippen molar-refractivity contribution < 1.29 is 19.6 Å². The van der Waals surface area contributed by atoms with Crippen LogP contribution in [0.5, 0.6) is 0 Å². The summed E-state index contributed by atoms with van der Waals surface area (Å²) in [6, 6.07) is 5.56. The van der Waals surface area contributed by atoms with Crippen molar-refractivity contribution in [3.05, 3.63) is 52.9 Å². The number of benzene rings is 1. The van der Waals surface area contributed by atoms with Gasteiger partial charge in [0.05, 0.1) is 5.92 Å². The van der Waals surface area contributed by atoms with E-state index >= 15 is 0 Å². The fraction of sp³-hybridized carbons (Fsp3) is 0.444. The van der Waals surface area contributed by atoms with Crippen LogP contribution in [0.4, 0.5) is 14.5 Å². The van der Waals surface area contributed by atoms with Crippen LogP contribution in [-0.2, 0) is 0 Å². The number of anilines is 1. The quantitative estimate of drug-likeness (QED) is 0.773. The molecular weight excluding hydrogens is 298 g/mol. The van der Waals surface area contributed by atoms with Gasteiger partial charge in [0, 0.05) is 25.3 Å². The van der Waals surface area contributed by atoms with E-state index in [2.05, 4.69) is 11.1 Å². The number of halogens is 2. The minimum atomic E-state index is -2.83. The largest absolute Gasteiger partial charge is 0.400 e. The highest BCUT2D eigenvalue weighted by Crippen LogP contribution is 2.45. The lowest BCUT2D eigenvalue weighted by Crippen LogP contribution is -2.54. The van der Waals surface area contributed by atoms with Crippen molar-refractivity contribution >= 4 is 5.69 Å². The fourth-order valence-electron chi connectivity index (χ4n) is 2.53. The lowest BCUT2D eigenvalue weighted by Gasteiger charge is -2.31. The fourth-order valence-corrected chi connectivity index (χ4v) is 2.53. The van der Waals surface area contributed by atoms with Gasteiger partial charge in [0.2, 0.25) is 5.82 Å². The molecule has 5 N–H and O–H groups in total. The lowest BCUT2D eigenvalue weighted by molar-refractivity contribution is -0.302. The number of aliphatic hydroxyl groups is 1. The average molecular weight is 327 g/mol. The first-order chi connectivity index (χ1) is 10.8. The lowest BCUT2D eigenvalue weighted by atomic mass is 9.82. The van der Waals surface area contributed by atoms with Crippen molar-refractivity contribution in [2.24, 2.45) is 0 Å². The van der Waals surface area contributed by atoms with Crippen LogP contribution in [0.3, 0.4) is 0 Å². The SMILES string of the molecule is C/C=C\C1=C([NH3+])Nc2ccc(C)cc2C1C(C)(F)F.CC.CO. The smallest absolute Gasteiger partial charge is 0.256 e. The molecular formula is C18H29F2N2O+. The Morgan fingerprint density at radius 1 is 1.26 bits per heavy atom. The van der Waals surface area contributed by atoms with Crippen molar-refractivity contribution in [3.8, 4) is 0 Å². The van der Waals surface area contributed by atoms with Gasteiger partial charge in [-0.05, 0) is 25.5 Å². The van der Waals surface area contributed by atoms with Gasteiger partial charge in [-0.25, -0.2) is 8.78 Å². The summed E-state index contributed by atoms with van der Waals surface area (Å²) in [5.41, 5.74) is 6.74. The first-order valence-electron chi connectivity index (χ1n) is 7.73. The zero-order valence-corrected chi connectivity index (χ0v) is 14.9. The molecule has 1 atom stereocenters. The van der Waals surface area contributed by atoms with Crippen LogP contribution in [0.25, 0.3) is 0 Å². The van der Waals surface area contributed by atoms with E-state index in [-0.39, 0.29) is 0 Å². The zero-order valence-electron chi connectivity index (χ0n) is 14.9. The van der Waals surface area contributed by atoms with Gasteiger partial charge in [-0.15, -0.1) is 0 Å². The van der Waals surface area contributed by atoms with Crippen molar-refractivity contribution in [2.75, 3.05) is 12.4 Å². The van der Waals surface area contributed by atoms with Crippen LogP contribution < -0.4 is 11.1 Å². The molecule has 0 spiro atoms. The second-order valence-corrected chi connectivity index (χ2v) is 5.04. The van der Waals surface area contributed by atoms with Crippen LogP contribution >= 0.6 is 0 Å². The molecule has 0 radical (unpaired) electrons. The van der Waals surface area contributed by atoms with E-state index in [4.69, 9.17) is 5.11 Å². The molecule has 0 bridgehead atoms. The van der Waals surface area contributed by atoms with Crippen LogP contribution in [-0.4, -0.2) is 18.1 Å². The van der Waals surface area contributed by atoms with Gasteiger partial charge in [0.25, 0.3) is 5.92 Å². The first kappa shape index (κ1) is 21.3. The molecule has 5 heteroatoms.